The van der Waals surface area contributed by atoms with Crippen molar-refractivity contribution in [1.29, 1.82) is 0 Å². The van der Waals surface area contributed by atoms with Gasteiger partial charge in [-0.05, 0) is 17.7 Å². The monoisotopic (exact) mass is 215 g/mol. The molecule has 0 bridgehead atoms. The third-order valence-corrected chi connectivity index (χ3v) is 1.91. The van der Waals surface area contributed by atoms with Crippen LogP contribution in [0.25, 0.3) is 0 Å². The van der Waals surface area contributed by atoms with E-state index in [0.717, 1.165) is 6.07 Å². The molecule has 0 radical (unpaired) electrons. The lowest BCUT2D eigenvalue weighted by molar-refractivity contribution is -0.136. The second-order valence-corrected chi connectivity index (χ2v) is 3.38. The summed E-state index contributed by atoms with van der Waals surface area (Å²) in [5.74, 6) is -3.07. The van der Waals surface area contributed by atoms with Gasteiger partial charge in [0, 0.05) is 14.1 Å². The molecule has 0 aromatic heterocycles. The van der Waals surface area contributed by atoms with E-state index in [1.54, 1.807) is 14.1 Å². The lowest BCUT2D eigenvalue weighted by atomic mass is 10.1. The van der Waals surface area contributed by atoms with E-state index in [0.29, 0.717) is 0 Å². The van der Waals surface area contributed by atoms with E-state index in [4.69, 9.17) is 5.11 Å². The average Bonchev–Trinajstić information content (AvgIpc) is 2.09. The summed E-state index contributed by atoms with van der Waals surface area (Å²) in [7, 11) is 3.12. The Labute approximate surface area is 85.9 Å². The van der Waals surface area contributed by atoms with Gasteiger partial charge in [-0.1, -0.05) is 0 Å². The standard InChI is InChI=1S/C10H11F2NO2/c1-13(2)8-4-6(5-9(14)15)3-7(11)10(8)12/h3-4H,5H2,1-2H3,(H,14,15). The molecule has 1 aromatic rings. The van der Waals surface area contributed by atoms with Crippen molar-refractivity contribution in [2.24, 2.45) is 0 Å². The van der Waals surface area contributed by atoms with Crippen LogP contribution in [0.3, 0.4) is 0 Å². The maximum atomic E-state index is 13.2. The van der Waals surface area contributed by atoms with Crippen molar-refractivity contribution in [3.63, 3.8) is 0 Å². The van der Waals surface area contributed by atoms with Crippen LogP contribution in [-0.2, 0) is 11.2 Å². The second kappa shape index (κ2) is 4.25. The molecule has 0 aliphatic heterocycles. The molecular weight excluding hydrogens is 204 g/mol. The van der Waals surface area contributed by atoms with E-state index in [2.05, 4.69) is 0 Å². The highest BCUT2D eigenvalue weighted by atomic mass is 19.2. The summed E-state index contributed by atoms with van der Waals surface area (Å²) in [6, 6.07) is 2.23. The summed E-state index contributed by atoms with van der Waals surface area (Å²) in [4.78, 5) is 11.8. The van der Waals surface area contributed by atoms with Gasteiger partial charge in [0.1, 0.15) is 0 Å². The summed E-state index contributed by atoms with van der Waals surface area (Å²) in [5.41, 5.74) is 0.288. The molecule has 82 valence electrons. The maximum absolute atomic E-state index is 13.2. The minimum atomic E-state index is -1.08. The molecule has 0 atom stereocenters. The molecule has 0 aliphatic rings. The lowest BCUT2D eigenvalue weighted by Crippen LogP contribution is -2.13. The molecular formula is C10H11F2NO2. The van der Waals surface area contributed by atoms with Gasteiger partial charge in [0.2, 0.25) is 0 Å². The Morgan fingerprint density at radius 1 is 1.40 bits per heavy atom. The number of halogens is 2. The number of benzene rings is 1. The fourth-order valence-electron chi connectivity index (χ4n) is 1.23. The molecule has 0 heterocycles. The molecule has 1 N–H and O–H groups in total. The fourth-order valence-corrected chi connectivity index (χ4v) is 1.23. The van der Waals surface area contributed by atoms with Crippen LogP contribution < -0.4 is 4.90 Å². The van der Waals surface area contributed by atoms with Crippen molar-refractivity contribution >= 4 is 11.7 Å². The van der Waals surface area contributed by atoms with E-state index >= 15 is 0 Å². The van der Waals surface area contributed by atoms with Gasteiger partial charge in [-0.25, -0.2) is 8.78 Å². The number of nitrogens with zero attached hydrogens (tertiary/aromatic N) is 1. The molecule has 15 heavy (non-hydrogen) atoms. The van der Waals surface area contributed by atoms with Crippen LogP contribution >= 0.6 is 0 Å². The van der Waals surface area contributed by atoms with Gasteiger partial charge in [-0.15, -0.1) is 0 Å². The lowest BCUT2D eigenvalue weighted by Gasteiger charge is -2.14. The average molecular weight is 215 g/mol. The first-order chi connectivity index (χ1) is 6.91. The first-order valence-corrected chi connectivity index (χ1v) is 4.29. The van der Waals surface area contributed by atoms with Gasteiger partial charge >= 0.3 is 5.97 Å². The van der Waals surface area contributed by atoms with Crippen LogP contribution in [0.1, 0.15) is 5.56 Å². The van der Waals surface area contributed by atoms with Crippen LogP contribution in [-0.4, -0.2) is 25.2 Å². The molecule has 1 rings (SSSR count). The second-order valence-electron chi connectivity index (χ2n) is 3.38. The number of hydrogen-bond acceptors (Lipinski definition) is 2. The first kappa shape index (κ1) is 11.4. The number of carboxylic acids is 1. The van der Waals surface area contributed by atoms with Gasteiger partial charge in [-0.3, -0.25) is 4.79 Å². The Kier molecular flexibility index (Phi) is 3.24. The SMILES string of the molecule is CN(C)c1cc(CC(=O)O)cc(F)c1F. The quantitative estimate of drug-likeness (QED) is 0.833. The van der Waals surface area contributed by atoms with Gasteiger partial charge in [-0.2, -0.15) is 0 Å². The van der Waals surface area contributed by atoms with E-state index in [1.165, 1.54) is 11.0 Å². The van der Waals surface area contributed by atoms with E-state index < -0.39 is 17.6 Å². The summed E-state index contributed by atoms with van der Waals surface area (Å²) in [6.07, 6.45) is -0.321. The van der Waals surface area contributed by atoms with E-state index in [1.807, 2.05) is 0 Å². The van der Waals surface area contributed by atoms with Gasteiger partial charge in [0.15, 0.2) is 11.6 Å². The Morgan fingerprint density at radius 3 is 2.47 bits per heavy atom. The molecule has 0 unspecified atom stereocenters. The summed E-state index contributed by atoms with van der Waals surface area (Å²) < 4.78 is 26.3. The highest BCUT2D eigenvalue weighted by molar-refractivity contribution is 5.71. The molecule has 0 amide bonds. The number of hydrogen-bond donors (Lipinski definition) is 1. The predicted molar refractivity (Wildman–Crippen MR) is 52.0 cm³/mol. The maximum Gasteiger partial charge on any atom is 0.307 e. The molecule has 0 saturated heterocycles. The van der Waals surface area contributed by atoms with Crippen molar-refractivity contribution < 1.29 is 18.7 Å². The number of aliphatic carboxylic acids is 1. The Bertz CT molecular complexity index is 391. The van der Waals surface area contributed by atoms with Crippen LogP contribution in [0.5, 0.6) is 0 Å². The van der Waals surface area contributed by atoms with Crippen LogP contribution in [0, 0.1) is 11.6 Å². The molecule has 5 heteroatoms. The number of carboxylic acid groups (broad SMARTS) is 1. The summed E-state index contributed by atoms with van der Waals surface area (Å²) in [5, 5.41) is 8.53. The zero-order valence-electron chi connectivity index (χ0n) is 8.42. The molecule has 0 spiro atoms. The predicted octanol–water partition coefficient (Wildman–Crippen LogP) is 1.66. The number of rotatable bonds is 3. The van der Waals surface area contributed by atoms with Gasteiger partial charge in [0.25, 0.3) is 0 Å². The van der Waals surface area contributed by atoms with Crippen LogP contribution in [0.4, 0.5) is 14.5 Å². The summed E-state index contributed by atoms with van der Waals surface area (Å²) in [6.45, 7) is 0. The van der Waals surface area contributed by atoms with Crippen molar-refractivity contribution in [2.75, 3.05) is 19.0 Å². The first-order valence-electron chi connectivity index (χ1n) is 4.29. The normalized spacial score (nSPS) is 10.1. The fraction of sp³-hybridized carbons (Fsp3) is 0.300. The van der Waals surface area contributed by atoms with Gasteiger partial charge < -0.3 is 10.0 Å². The highest BCUT2D eigenvalue weighted by Gasteiger charge is 2.13. The number of carbonyl (C=O) groups is 1. The van der Waals surface area contributed by atoms with Crippen molar-refractivity contribution in [3.05, 3.63) is 29.3 Å². The summed E-state index contributed by atoms with van der Waals surface area (Å²) >= 11 is 0. The molecule has 3 nitrogen and oxygen atoms in total. The van der Waals surface area contributed by atoms with Crippen molar-refractivity contribution in [1.82, 2.24) is 0 Å². The molecule has 0 aliphatic carbocycles. The minimum absolute atomic E-state index is 0.0475. The molecule has 0 saturated carbocycles. The third kappa shape index (κ3) is 2.65. The number of anilines is 1. The largest absolute Gasteiger partial charge is 0.481 e. The minimum Gasteiger partial charge on any atom is -0.481 e. The smallest absolute Gasteiger partial charge is 0.307 e. The van der Waals surface area contributed by atoms with Crippen molar-refractivity contribution in [3.8, 4) is 0 Å². The third-order valence-electron chi connectivity index (χ3n) is 1.91. The zero-order chi connectivity index (χ0) is 11.6. The Morgan fingerprint density at radius 2 is 2.00 bits per heavy atom. The molecule has 0 fully saturated rings. The van der Waals surface area contributed by atoms with Gasteiger partial charge in [0.05, 0.1) is 12.1 Å². The zero-order valence-corrected chi connectivity index (χ0v) is 8.42. The Balaban J connectivity index is 3.17. The Hall–Kier alpha value is -1.65. The highest BCUT2D eigenvalue weighted by Crippen LogP contribution is 2.22. The van der Waals surface area contributed by atoms with E-state index in [9.17, 15) is 13.6 Å². The topological polar surface area (TPSA) is 40.5 Å². The van der Waals surface area contributed by atoms with Crippen LogP contribution in [0.2, 0.25) is 0 Å². The molecule has 1 aromatic carbocycles. The van der Waals surface area contributed by atoms with Crippen LogP contribution in [0.15, 0.2) is 12.1 Å². The van der Waals surface area contributed by atoms with Crippen molar-refractivity contribution in [2.45, 2.75) is 6.42 Å². The van der Waals surface area contributed by atoms with E-state index in [-0.39, 0.29) is 17.7 Å².